The van der Waals surface area contributed by atoms with E-state index in [4.69, 9.17) is 18.7 Å². The molecule has 26 heavy (non-hydrogen) atoms. The van der Waals surface area contributed by atoms with Crippen molar-refractivity contribution in [3.63, 3.8) is 0 Å². The lowest BCUT2D eigenvalue weighted by atomic mass is 10.1. The van der Waals surface area contributed by atoms with Gasteiger partial charge in [0.1, 0.15) is 6.61 Å². The van der Waals surface area contributed by atoms with Gasteiger partial charge >= 0.3 is 5.97 Å². The Morgan fingerprint density at radius 3 is 2.50 bits per heavy atom. The molecule has 1 aromatic heterocycles. The van der Waals surface area contributed by atoms with E-state index in [2.05, 4.69) is 10.1 Å². The smallest absolute Gasteiger partial charge is 0.338 e. The molecule has 0 amide bonds. The molecule has 0 radical (unpaired) electrons. The zero-order valence-corrected chi connectivity index (χ0v) is 14.7. The first-order chi connectivity index (χ1) is 12.6. The van der Waals surface area contributed by atoms with Gasteiger partial charge in [0.25, 0.3) is 0 Å². The molecule has 0 saturated heterocycles. The Labute approximate surface area is 150 Å². The predicted octanol–water partition coefficient (Wildman–Crippen LogP) is 3.42. The Morgan fingerprint density at radius 2 is 1.88 bits per heavy atom. The Bertz CT molecular complexity index is 906. The molecule has 2 aromatic carbocycles. The van der Waals surface area contributed by atoms with Crippen LogP contribution in [0, 0.1) is 6.92 Å². The molecule has 7 heteroatoms. The van der Waals surface area contributed by atoms with Crippen LogP contribution in [0.3, 0.4) is 0 Å². The molecule has 0 aliphatic carbocycles. The second-order valence-corrected chi connectivity index (χ2v) is 5.45. The third-order valence-electron chi connectivity index (χ3n) is 3.71. The lowest BCUT2D eigenvalue weighted by Crippen LogP contribution is -2.07. The fourth-order valence-electron chi connectivity index (χ4n) is 2.44. The van der Waals surface area contributed by atoms with Gasteiger partial charge in [-0.2, -0.15) is 4.98 Å². The van der Waals surface area contributed by atoms with E-state index in [1.165, 1.54) is 14.2 Å². The summed E-state index contributed by atoms with van der Waals surface area (Å²) < 4.78 is 21.1. The number of nitrogens with zero attached hydrogens (tertiary/aromatic N) is 2. The van der Waals surface area contributed by atoms with E-state index < -0.39 is 5.97 Å². The topological polar surface area (TPSA) is 83.7 Å². The molecule has 0 aliphatic heterocycles. The molecule has 0 unspecified atom stereocenters. The summed E-state index contributed by atoms with van der Waals surface area (Å²) >= 11 is 0. The highest BCUT2D eigenvalue weighted by molar-refractivity contribution is 5.97. The standard InChI is InChI=1S/C19H18N2O5/c1-12-20-18(21-26-12)14-9-16(23-2)17(10-15(14)19(22)24-3)25-11-13-7-5-4-6-8-13/h4-10H,11H2,1-3H3. The van der Waals surface area contributed by atoms with Crippen LogP contribution in [0.5, 0.6) is 11.5 Å². The third kappa shape index (κ3) is 3.66. The molecular weight excluding hydrogens is 336 g/mol. The minimum Gasteiger partial charge on any atom is -0.493 e. The Balaban J connectivity index is 2.00. The minimum absolute atomic E-state index is 0.261. The second kappa shape index (κ2) is 7.69. The summed E-state index contributed by atoms with van der Waals surface area (Å²) in [5.74, 6) is 0.997. The maximum absolute atomic E-state index is 12.2. The van der Waals surface area contributed by atoms with Crippen molar-refractivity contribution >= 4 is 5.97 Å². The first-order valence-electron chi connectivity index (χ1n) is 7.90. The minimum atomic E-state index is -0.533. The Kier molecular flexibility index (Phi) is 5.17. The maximum Gasteiger partial charge on any atom is 0.338 e. The van der Waals surface area contributed by atoms with Crippen molar-refractivity contribution in [2.75, 3.05) is 14.2 Å². The molecule has 1 heterocycles. The van der Waals surface area contributed by atoms with Crippen molar-refractivity contribution in [2.45, 2.75) is 13.5 Å². The normalized spacial score (nSPS) is 10.4. The summed E-state index contributed by atoms with van der Waals surface area (Å²) in [5.41, 5.74) is 1.70. The van der Waals surface area contributed by atoms with Crippen LogP contribution >= 0.6 is 0 Å². The molecule has 134 valence electrons. The number of aromatic nitrogens is 2. The summed E-state index contributed by atoms with van der Waals surface area (Å²) in [7, 11) is 2.83. The van der Waals surface area contributed by atoms with Crippen molar-refractivity contribution < 1.29 is 23.5 Å². The number of aryl methyl sites for hydroxylation is 1. The van der Waals surface area contributed by atoms with Gasteiger partial charge in [0.05, 0.1) is 19.8 Å². The Morgan fingerprint density at radius 1 is 1.12 bits per heavy atom. The van der Waals surface area contributed by atoms with Crippen molar-refractivity contribution in [3.05, 3.63) is 59.5 Å². The number of hydrogen-bond acceptors (Lipinski definition) is 7. The SMILES string of the molecule is COC(=O)c1cc(OCc2ccccc2)c(OC)cc1-c1noc(C)n1. The van der Waals surface area contributed by atoms with Crippen LogP contribution in [0.25, 0.3) is 11.4 Å². The average molecular weight is 354 g/mol. The van der Waals surface area contributed by atoms with Gasteiger partial charge in [0, 0.05) is 12.5 Å². The largest absolute Gasteiger partial charge is 0.493 e. The number of hydrogen-bond donors (Lipinski definition) is 0. The van der Waals surface area contributed by atoms with Gasteiger partial charge in [-0.15, -0.1) is 0 Å². The molecule has 0 N–H and O–H groups in total. The number of carbonyl (C=O) groups excluding carboxylic acids is 1. The first kappa shape index (κ1) is 17.5. The van der Waals surface area contributed by atoms with Crippen molar-refractivity contribution in [2.24, 2.45) is 0 Å². The van der Waals surface area contributed by atoms with Gasteiger partial charge in [-0.05, 0) is 17.7 Å². The summed E-state index contributed by atoms with van der Waals surface area (Å²) in [6.45, 7) is 2.00. The van der Waals surface area contributed by atoms with Crippen LogP contribution in [0.1, 0.15) is 21.8 Å². The van der Waals surface area contributed by atoms with E-state index in [1.54, 1.807) is 19.1 Å². The summed E-state index contributed by atoms with van der Waals surface area (Å²) in [6, 6.07) is 12.9. The van der Waals surface area contributed by atoms with E-state index in [-0.39, 0.29) is 11.4 Å². The zero-order valence-electron chi connectivity index (χ0n) is 14.7. The number of ether oxygens (including phenoxy) is 3. The third-order valence-corrected chi connectivity index (χ3v) is 3.71. The lowest BCUT2D eigenvalue weighted by molar-refractivity contribution is 0.0601. The second-order valence-electron chi connectivity index (χ2n) is 5.45. The van der Waals surface area contributed by atoms with E-state index in [9.17, 15) is 4.79 Å². The van der Waals surface area contributed by atoms with Crippen LogP contribution in [0.4, 0.5) is 0 Å². The van der Waals surface area contributed by atoms with Crippen LogP contribution in [-0.2, 0) is 11.3 Å². The molecular formula is C19H18N2O5. The first-order valence-corrected chi connectivity index (χ1v) is 7.90. The number of rotatable bonds is 6. The highest BCUT2D eigenvalue weighted by Crippen LogP contribution is 2.35. The monoisotopic (exact) mass is 354 g/mol. The van der Waals surface area contributed by atoms with Crippen LogP contribution in [0.2, 0.25) is 0 Å². The van der Waals surface area contributed by atoms with E-state index in [1.807, 2.05) is 30.3 Å². The summed E-state index contributed by atoms with van der Waals surface area (Å²) in [6.07, 6.45) is 0. The number of esters is 1. The average Bonchev–Trinajstić information content (AvgIpc) is 3.12. The van der Waals surface area contributed by atoms with Crippen molar-refractivity contribution in [1.82, 2.24) is 10.1 Å². The molecule has 0 atom stereocenters. The van der Waals surface area contributed by atoms with Gasteiger partial charge < -0.3 is 18.7 Å². The predicted molar refractivity (Wildman–Crippen MR) is 93.1 cm³/mol. The van der Waals surface area contributed by atoms with Gasteiger partial charge in [0.2, 0.25) is 11.7 Å². The van der Waals surface area contributed by atoms with Gasteiger partial charge in [-0.25, -0.2) is 4.79 Å². The van der Waals surface area contributed by atoms with Crippen LogP contribution in [0.15, 0.2) is 47.0 Å². The summed E-state index contributed by atoms with van der Waals surface area (Å²) in [4.78, 5) is 16.4. The fourth-order valence-corrected chi connectivity index (χ4v) is 2.44. The van der Waals surface area contributed by atoms with Gasteiger partial charge in [0.15, 0.2) is 11.5 Å². The van der Waals surface area contributed by atoms with Crippen molar-refractivity contribution in [1.29, 1.82) is 0 Å². The van der Waals surface area contributed by atoms with E-state index >= 15 is 0 Å². The van der Waals surface area contributed by atoms with Crippen molar-refractivity contribution in [3.8, 4) is 22.9 Å². The quantitative estimate of drug-likeness (QED) is 0.627. The molecule has 0 fully saturated rings. The Hall–Kier alpha value is -3.35. The maximum atomic E-state index is 12.2. The zero-order chi connectivity index (χ0) is 18.5. The van der Waals surface area contributed by atoms with Gasteiger partial charge in [-0.1, -0.05) is 35.5 Å². The molecule has 0 aliphatic rings. The van der Waals surface area contributed by atoms with Gasteiger partial charge in [-0.3, -0.25) is 0 Å². The molecule has 0 spiro atoms. The molecule has 3 rings (SSSR count). The molecule has 7 nitrogen and oxygen atoms in total. The molecule has 0 saturated carbocycles. The fraction of sp³-hybridized carbons (Fsp3) is 0.211. The molecule has 3 aromatic rings. The number of benzene rings is 2. The molecule has 0 bridgehead atoms. The van der Waals surface area contributed by atoms with Crippen LogP contribution in [-0.4, -0.2) is 30.3 Å². The number of carbonyl (C=O) groups is 1. The highest BCUT2D eigenvalue weighted by atomic mass is 16.5. The lowest BCUT2D eigenvalue weighted by Gasteiger charge is -2.14. The number of methoxy groups -OCH3 is 2. The summed E-state index contributed by atoms with van der Waals surface area (Å²) in [5, 5.41) is 3.87. The van der Waals surface area contributed by atoms with E-state index in [0.29, 0.717) is 29.6 Å². The highest BCUT2D eigenvalue weighted by Gasteiger charge is 2.22. The van der Waals surface area contributed by atoms with E-state index in [0.717, 1.165) is 5.56 Å². The van der Waals surface area contributed by atoms with Crippen LogP contribution < -0.4 is 9.47 Å².